The largest absolute Gasteiger partial charge is 0.494 e. The maximum absolute atomic E-state index is 10.8. The molecule has 1 saturated heterocycles. The van der Waals surface area contributed by atoms with Gasteiger partial charge in [0.2, 0.25) is 0 Å². The van der Waals surface area contributed by atoms with Crippen molar-refractivity contribution in [2.45, 2.75) is 25.3 Å². The van der Waals surface area contributed by atoms with Crippen molar-refractivity contribution >= 4 is 5.97 Å². The molecular weight excluding hydrogens is 280 g/mol. The van der Waals surface area contributed by atoms with Gasteiger partial charge < -0.3 is 19.6 Å². The summed E-state index contributed by atoms with van der Waals surface area (Å²) in [6.07, 6.45) is 3.46. The van der Waals surface area contributed by atoms with Crippen molar-refractivity contribution in [1.82, 2.24) is 9.80 Å². The molecule has 122 valence electrons. The minimum atomic E-state index is -0.911. The molecule has 0 bridgehead atoms. The Balaban J connectivity index is 1.65. The summed E-state index contributed by atoms with van der Waals surface area (Å²) in [5.74, 6) is -0.182. The number of aromatic carboxylic acids is 1. The lowest BCUT2D eigenvalue weighted by Gasteiger charge is -2.35. The van der Waals surface area contributed by atoms with Crippen LogP contribution in [0.15, 0.2) is 24.3 Å². The van der Waals surface area contributed by atoms with Crippen LogP contribution in [0.2, 0.25) is 0 Å². The molecule has 2 rings (SSSR count). The quantitative estimate of drug-likeness (QED) is 0.783. The van der Waals surface area contributed by atoms with E-state index in [1.54, 1.807) is 24.3 Å². The second-order valence-corrected chi connectivity index (χ2v) is 6.05. The molecule has 5 heteroatoms. The summed E-state index contributed by atoms with van der Waals surface area (Å²) >= 11 is 0. The number of hydrogen-bond donors (Lipinski definition) is 1. The van der Waals surface area contributed by atoms with Gasteiger partial charge >= 0.3 is 5.97 Å². The van der Waals surface area contributed by atoms with Gasteiger partial charge in [0, 0.05) is 12.6 Å². The van der Waals surface area contributed by atoms with E-state index in [0.29, 0.717) is 12.6 Å². The predicted octanol–water partition coefficient (Wildman–Crippen LogP) is 2.18. The van der Waals surface area contributed by atoms with E-state index in [2.05, 4.69) is 23.9 Å². The van der Waals surface area contributed by atoms with E-state index >= 15 is 0 Å². The summed E-state index contributed by atoms with van der Waals surface area (Å²) in [6, 6.07) is 7.25. The van der Waals surface area contributed by atoms with Crippen LogP contribution in [0.4, 0.5) is 0 Å². The maximum Gasteiger partial charge on any atom is 0.335 e. The topological polar surface area (TPSA) is 53.0 Å². The minimum absolute atomic E-state index is 0.286. The minimum Gasteiger partial charge on any atom is -0.494 e. The van der Waals surface area contributed by atoms with Gasteiger partial charge in [-0.25, -0.2) is 4.79 Å². The molecule has 1 aromatic carbocycles. The number of nitrogens with zero attached hydrogens (tertiary/aromatic N) is 2. The smallest absolute Gasteiger partial charge is 0.335 e. The number of piperidine rings is 1. The molecule has 0 amide bonds. The van der Waals surface area contributed by atoms with Crippen LogP contribution < -0.4 is 4.74 Å². The van der Waals surface area contributed by atoms with E-state index in [4.69, 9.17) is 9.84 Å². The number of likely N-dealkylation sites (tertiary alicyclic amines) is 1. The molecule has 1 aliphatic heterocycles. The number of ether oxygens (including phenoxy) is 1. The lowest BCUT2D eigenvalue weighted by atomic mass is 10.0. The normalized spacial score (nSPS) is 16.9. The van der Waals surface area contributed by atoms with Gasteiger partial charge in [0.05, 0.1) is 12.2 Å². The number of hydrogen-bond acceptors (Lipinski definition) is 4. The van der Waals surface area contributed by atoms with E-state index in [-0.39, 0.29) is 5.56 Å². The van der Waals surface area contributed by atoms with Gasteiger partial charge in [-0.3, -0.25) is 0 Å². The van der Waals surface area contributed by atoms with Gasteiger partial charge in [0.1, 0.15) is 5.75 Å². The molecule has 0 saturated carbocycles. The third-order valence-electron chi connectivity index (χ3n) is 4.34. The second kappa shape index (κ2) is 8.15. The summed E-state index contributed by atoms with van der Waals surface area (Å²) < 4.78 is 5.67. The molecule has 1 N–H and O–H groups in total. The highest BCUT2D eigenvalue weighted by Gasteiger charge is 2.19. The molecular formula is C17H26N2O3. The van der Waals surface area contributed by atoms with Crippen LogP contribution >= 0.6 is 0 Å². The molecule has 0 unspecified atom stereocenters. The zero-order chi connectivity index (χ0) is 15.9. The first kappa shape index (κ1) is 16.8. The molecule has 22 heavy (non-hydrogen) atoms. The molecule has 1 fully saturated rings. The highest BCUT2D eigenvalue weighted by Crippen LogP contribution is 2.15. The van der Waals surface area contributed by atoms with Gasteiger partial charge in [0.15, 0.2) is 0 Å². The molecule has 5 nitrogen and oxygen atoms in total. The molecule has 1 aliphatic rings. The zero-order valence-electron chi connectivity index (χ0n) is 13.5. The van der Waals surface area contributed by atoms with Gasteiger partial charge in [-0.2, -0.15) is 0 Å². The van der Waals surface area contributed by atoms with Crippen molar-refractivity contribution in [2.24, 2.45) is 0 Å². The Bertz CT molecular complexity index is 467. The van der Waals surface area contributed by atoms with Gasteiger partial charge in [-0.05, 0) is 70.7 Å². The Morgan fingerprint density at radius 2 is 1.95 bits per heavy atom. The van der Waals surface area contributed by atoms with Crippen LogP contribution in [0.25, 0.3) is 0 Å². The summed E-state index contributed by atoms with van der Waals surface area (Å²) in [5.41, 5.74) is 0.286. The highest BCUT2D eigenvalue weighted by atomic mass is 16.5. The van der Waals surface area contributed by atoms with Crippen LogP contribution in [0.1, 0.15) is 29.6 Å². The monoisotopic (exact) mass is 306 g/mol. The lowest BCUT2D eigenvalue weighted by molar-refractivity contribution is 0.0697. The average molecular weight is 306 g/mol. The number of carboxylic acids is 1. The molecule has 0 aromatic heterocycles. The highest BCUT2D eigenvalue weighted by molar-refractivity contribution is 5.87. The first-order valence-corrected chi connectivity index (χ1v) is 7.91. The summed E-state index contributed by atoms with van der Waals surface area (Å²) in [5, 5.41) is 8.84. The van der Waals surface area contributed by atoms with E-state index in [9.17, 15) is 4.79 Å². The van der Waals surface area contributed by atoms with Gasteiger partial charge in [-0.1, -0.05) is 0 Å². The van der Waals surface area contributed by atoms with E-state index < -0.39 is 5.97 Å². The standard InChI is InChI=1S/C17H26N2O3/c1-18-11-8-15(9-12-18)19(2)10-3-13-22-16-6-4-14(5-7-16)17(20)21/h4-7,15H,3,8-13H2,1-2H3,(H,20,21). The van der Waals surface area contributed by atoms with Crippen LogP contribution in [0, 0.1) is 0 Å². The summed E-state index contributed by atoms with van der Waals surface area (Å²) in [4.78, 5) is 15.6. The number of carboxylic acid groups (broad SMARTS) is 1. The SMILES string of the molecule is CN1CCC(N(C)CCCOc2ccc(C(=O)O)cc2)CC1. The van der Waals surface area contributed by atoms with Gasteiger partial charge in [-0.15, -0.1) is 0 Å². The van der Waals surface area contributed by atoms with Crippen molar-refractivity contribution in [1.29, 1.82) is 0 Å². The third kappa shape index (κ3) is 5.00. The average Bonchev–Trinajstić information content (AvgIpc) is 2.52. The molecule has 0 aliphatic carbocycles. The lowest BCUT2D eigenvalue weighted by Crippen LogP contribution is -2.42. The Labute approximate surface area is 132 Å². The van der Waals surface area contributed by atoms with Crippen LogP contribution in [0.5, 0.6) is 5.75 Å². The second-order valence-electron chi connectivity index (χ2n) is 6.05. The Kier molecular flexibility index (Phi) is 6.21. The molecule has 0 spiro atoms. The fourth-order valence-corrected chi connectivity index (χ4v) is 2.82. The summed E-state index contributed by atoms with van der Waals surface area (Å²) in [7, 11) is 4.37. The zero-order valence-corrected chi connectivity index (χ0v) is 13.5. The predicted molar refractivity (Wildman–Crippen MR) is 86.7 cm³/mol. The van der Waals surface area contributed by atoms with E-state index in [1.807, 2.05) is 0 Å². The molecule has 1 aromatic rings. The van der Waals surface area contributed by atoms with Crippen molar-refractivity contribution < 1.29 is 14.6 Å². The van der Waals surface area contributed by atoms with E-state index in [0.717, 1.165) is 18.7 Å². The number of carbonyl (C=O) groups is 1. The number of benzene rings is 1. The Morgan fingerprint density at radius 1 is 1.32 bits per heavy atom. The van der Waals surface area contributed by atoms with Gasteiger partial charge in [0.25, 0.3) is 0 Å². The fourth-order valence-electron chi connectivity index (χ4n) is 2.82. The van der Waals surface area contributed by atoms with Crippen molar-refractivity contribution in [3.05, 3.63) is 29.8 Å². The first-order valence-electron chi connectivity index (χ1n) is 7.91. The third-order valence-corrected chi connectivity index (χ3v) is 4.34. The molecule has 0 radical (unpaired) electrons. The Hall–Kier alpha value is -1.59. The maximum atomic E-state index is 10.8. The van der Waals surface area contributed by atoms with Crippen molar-refractivity contribution in [2.75, 3.05) is 40.3 Å². The number of rotatable bonds is 7. The van der Waals surface area contributed by atoms with E-state index in [1.165, 1.54) is 25.9 Å². The van der Waals surface area contributed by atoms with Crippen LogP contribution in [-0.4, -0.2) is 67.3 Å². The summed E-state index contributed by atoms with van der Waals surface area (Å²) in [6.45, 7) is 4.05. The first-order chi connectivity index (χ1) is 10.6. The van der Waals surface area contributed by atoms with Crippen molar-refractivity contribution in [3.63, 3.8) is 0 Å². The molecule has 0 atom stereocenters. The molecule has 1 heterocycles. The fraction of sp³-hybridized carbons (Fsp3) is 0.588. The van der Waals surface area contributed by atoms with Crippen molar-refractivity contribution in [3.8, 4) is 5.75 Å². The van der Waals surface area contributed by atoms with Crippen LogP contribution in [-0.2, 0) is 0 Å². The Morgan fingerprint density at radius 3 is 2.55 bits per heavy atom. The van der Waals surface area contributed by atoms with Crippen LogP contribution in [0.3, 0.4) is 0 Å².